The molecular weight excluding hydrogens is 208 g/mol. The maximum absolute atomic E-state index is 5.74. The fraction of sp³-hybridized carbons (Fsp3) is 0.500. The zero-order chi connectivity index (χ0) is 11.5. The molecular formula is C16H18O. The quantitative estimate of drug-likeness (QED) is 0.667. The molecule has 3 aliphatic rings. The van der Waals surface area contributed by atoms with Gasteiger partial charge in [0.15, 0.2) is 0 Å². The van der Waals surface area contributed by atoms with E-state index in [1.165, 1.54) is 12.0 Å². The van der Waals surface area contributed by atoms with Crippen LogP contribution in [-0.4, -0.2) is 13.2 Å². The smallest absolute Gasteiger partial charge is 0.0568 e. The minimum absolute atomic E-state index is 0.429. The first-order valence-corrected chi connectivity index (χ1v) is 6.65. The number of rotatable bonds is 1. The Bertz CT molecular complexity index is 476. The number of ether oxygens (including phenoxy) is 1. The van der Waals surface area contributed by atoms with Crippen LogP contribution in [-0.2, 0) is 4.74 Å². The summed E-state index contributed by atoms with van der Waals surface area (Å²) in [5.41, 5.74) is 3.54. The fourth-order valence-electron chi connectivity index (χ4n) is 4.48. The molecule has 1 unspecified atom stereocenters. The molecule has 1 aromatic rings. The second kappa shape index (κ2) is 3.23. The van der Waals surface area contributed by atoms with Gasteiger partial charge in [-0.25, -0.2) is 0 Å². The van der Waals surface area contributed by atoms with Crippen molar-refractivity contribution in [2.45, 2.75) is 19.3 Å². The molecule has 2 aliphatic carbocycles. The van der Waals surface area contributed by atoms with Crippen LogP contribution >= 0.6 is 0 Å². The summed E-state index contributed by atoms with van der Waals surface area (Å²) >= 11 is 0. The second-order valence-corrected chi connectivity index (χ2v) is 5.80. The third-order valence-corrected chi connectivity index (χ3v) is 5.34. The van der Waals surface area contributed by atoms with Crippen LogP contribution in [0.3, 0.4) is 0 Å². The zero-order valence-corrected chi connectivity index (χ0v) is 10.2. The molecule has 1 nitrogen and oxygen atoms in total. The second-order valence-electron chi connectivity index (χ2n) is 5.80. The van der Waals surface area contributed by atoms with Gasteiger partial charge in [0.05, 0.1) is 6.61 Å². The lowest BCUT2D eigenvalue weighted by atomic mass is 9.36. The number of hydrogen-bond acceptors (Lipinski definition) is 1. The van der Waals surface area contributed by atoms with Crippen LogP contribution in [0, 0.1) is 17.3 Å². The molecule has 1 saturated carbocycles. The summed E-state index contributed by atoms with van der Waals surface area (Å²) in [6.45, 7) is 4.21. The molecule has 1 aliphatic heterocycles. The highest BCUT2D eigenvalue weighted by Crippen LogP contribution is 2.72. The van der Waals surface area contributed by atoms with Gasteiger partial charge in [0.2, 0.25) is 0 Å². The van der Waals surface area contributed by atoms with Crippen molar-refractivity contribution in [3.05, 3.63) is 47.5 Å². The van der Waals surface area contributed by atoms with Crippen LogP contribution in [0.15, 0.2) is 42.0 Å². The Balaban J connectivity index is 1.73. The molecule has 0 bridgehead atoms. The van der Waals surface area contributed by atoms with Crippen molar-refractivity contribution >= 4 is 0 Å². The lowest BCUT2D eigenvalue weighted by molar-refractivity contribution is -0.155. The van der Waals surface area contributed by atoms with Gasteiger partial charge in [-0.2, -0.15) is 0 Å². The highest BCUT2D eigenvalue weighted by Gasteiger charge is 2.67. The van der Waals surface area contributed by atoms with E-state index >= 15 is 0 Å². The van der Waals surface area contributed by atoms with Gasteiger partial charge in [-0.1, -0.05) is 42.0 Å². The lowest BCUT2D eigenvalue weighted by Crippen LogP contribution is -2.64. The number of benzene rings is 1. The minimum atomic E-state index is 0.429. The molecule has 0 N–H and O–H groups in total. The van der Waals surface area contributed by atoms with E-state index in [1.807, 2.05) is 0 Å². The van der Waals surface area contributed by atoms with Crippen LogP contribution in [0.2, 0.25) is 0 Å². The third kappa shape index (κ3) is 1.04. The van der Waals surface area contributed by atoms with Crippen molar-refractivity contribution in [1.82, 2.24) is 0 Å². The SMILES string of the molecule is CC1=C[C@H]2[C@@H](c3ccccc3)[C@@H]3CCOCC123. The molecule has 0 amide bonds. The van der Waals surface area contributed by atoms with E-state index in [9.17, 15) is 0 Å². The summed E-state index contributed by atoms with van der Waals surface area (Å²) in [5, 5.41) is 0. The van der Waals surface area contributed by atoms with Gasteiger partial charge in [-0.3, -0.25) is 0 Å². The van der Waals surface area contributed by atoms with Gasteiger partial charge in [0, 0.05) is 12.0 Å². The Hall–Kier alpha value is -1.08. The molecule has 88 valence electrons. The fourth-order valence-corrected chi connectivity index (χ4v) is 4.48. The predicted molar refractivity (Wildman–Crippen MR) is 67.8 cm³/mol. The van der Waals surface area contributed by atoms with Crippen LogP contribution in [0.4, 0.5) is 0 Å². The van der Waals surface area contributed by atoms with Gasteiger partial charge in [-0.15, -0.1) is 0 Å². The summed E-state index contributed by atoms with van der Waals surface area (Å²) < 4.78 is 5.74. The highest BCUT2D eigenvalue weighted by molar-refractivity contribution is 5.44. The molecule has 1 heteroatoms. The Labute approximate surface area is 102 Å². The summed E-state index contributed by atoms with van der Waals surface area (Å²) in [5.74, 6) is 2.33. The first-order chi connectivity index (χ1) is 8.34. The van der Waals surface area contributed by atoms with Gasteiger partial charge < -0.3 is 4.74 Å². The predicted octanol–water partition coefficient (Wildman–Crippen LogP) is 3.38. The summed E-state index contributed by atoms with van der Waals surface area (Å²) in [7, 11) is 0. The van der Waals surface area contributed by atoms with Crippen LogP contribution in [0.25, 0.3) is 0 Å². The molecule has 17 heavy (non-hydrogen) atoms. The van der Waals surface area contributed by atoms with Crippen molar-refractivity contribution in [2.24, 2.45) is 17.3 Å². The Morgan fingerprint density at radius 3 is 2.82 bits per heavy atom. The van der Waals surface area contributed by atoms with Gasteiger partial charge in [-0.05, 0) is 36.7 Å². The van der Waals surface area contributed by atoms with Crippen LogP contribution in [0.1, 0.15) is 24.8 Å². The van der Waals surface area contributed by atoms with Gasteiger partial charge >= 0.3 is 0 Å². The molecule has 4 atom stereocenters. The topological polar surface area (TPSA) is 9.23 Å². The minimum Gasteiger partial charge on any atom is -0.380 e. The van der Waals surface area contributed by atoms with E-state index in [0.717, 1.165) is 31.0 Å². The number of allylic oxidation sites excluding steroid dienone is 1. The van der Waals surface area contributed by atoms with Crippen molar-refractivity contribution in [2.75, 3.05) is 13.2 Å². The van der Waals surface area contributed by atoms with E-state index < -0.39 is 0 Å². The first-order valence-electron chi connectivity index (χ1n) is 6.65. The van der Waals surface area contributed by atoms with Crippen molar-refractivity contribution in [3.8, 4) is 0 Å². The van der Waals surface area contributed by atoms with Crippen LogP contribution in [0.5, 0.6) is 0 Å². The Kier molecular flexibility index (Phi) is 1.88. The van der Waals surface area contributed by atoms with E-state index in [1.54, 1.807) is 5.57 Å². The average molecular weight is 226 g/mol. The molecule has 1 heterocycles. The monoisotopic (exact) mass is 226 g/mol. The Morgan fingerprint density at radius 2 is 2.06 bits per heavy atom. The molecule has 0 radical (unpaired) electrons. The first kappa shape index (κ1) is 9.90. The van der Waals surface area contributed by atoms with E-state index in [0.29, 0.717) is 5.41 Å². The van der Waals surface area contributed by atoms with Gasteiger partial charge in [0.1, 0.15) is 0 Å². The summed E-state index contributed by atoms with van der Waals surface area (Å²) in [4.78, 5) is 0. The normalized spacial score (nSPS) is 42.6. The van der Waals surface area contributed by atoms with E-state index in [4.69, 9.17) is 4.74 Å². The highest BCUT2D eigenvalue weighted by atomic mass is 16.5. The average Bonchev–Trinajstić information content (AvgIpc) is 2.39. The van der Waals surface area contributed by atoms with E-state index in [-0.39, 0.29) is 0 Å². The maximum atomic E-state index is 5.74. The molecule has 1 aromatic carbocycles. The van der Waals surface area contributed by atoms with Crippen molar-refractivity contribution in [3.63, 3.8) is 0 Å². The standard InChI is InChI=1S/C16H18O/c1-11-9-14-15(12-5-3-2-4-6-12)13-7-8-17-10-16(11,13)14/h2-6,9,13-15H,7-8,10H2,1H3/t13-,14-,15-,16?/m0/s1. The van der Waals surface area contributed by atoms with E-state index in [2.05, 4.69) is 43.3 Å². The van der Waals surface area contributed by atoms with Gasteiger partial charge in [0.25, 0.3) is 0 Å². The molecule has 1 saturated heterocycles. The molecule has 0 aromatic heterocycles. The maximum Gasteiger partial charge on any atom is 0.0568 e. The largest absolute Gasteiger partial charge is 0.380 e. The third-order valence-electron chi connectivity index (χ3n) is 5.34. The van der Waals surface area contributed by atoms with Crippen LogP contribution < -0.4 is 0 Å². The Morgan fingerprint density at radius 1 is 1.24 bits per heavy atom. The number of hydrogen-bond donors (Lipinski definition) is 0. The molecule has 4 rings (SSSR count). The zero-order valence-electron chi connectivity index (χ0n) is 10.2. The molecule has 2 fully saturated rings. The lowest BCUT2D eigenvalue weighted by Gasteiger charge is -2.69. The molecule has 1 spiro atoms. The summed E-state index contributed by atoms with van der Waals surface area (Å²) in [6, 6.07) is 11.0. The van der Waals surface area contributed by atoms with Crippen molar-refractivity contribution in [1.29, 1.82) is 0 Å². The van der Waals surface area contributed by atoms with Crippen molar-refractivity contribution < 1.29 is 4.74 Å². The summed E-state index contributed by atoms with van der Waals surface area (Å²) in [6.07, 6.45) is 3.71.